The van der Waals surface area contributed by atoms with Crippen molar-refractivity contribution >= 4 is 39.9 Å². The first-order valence-electron chi connectivity index (χ1n) is 9.53. The molecule has 3 heterocycles. The normalized spacial score (nSPS) is 10.5. The summed E-state index contributed by atoms with van der Waals surface area (Å²) < 4.78 is 10.7. The first-order chi connectivity index (χ1) is 15.5. The summed E-state index contributed by atoms with van der Waals surface area (Å²) in [5, 5.41) is 10.3. The number of aromatic nitrogens is 1. The highest BCUT2D eigenvalue weighted by atomic mass is 32.1. The fraction of sp³-hybridized carbons (Fsp3) is 0.0909. The molecule has 10 heteroatoms. The highest BCUT2D eigenvalue weighted by molar-refractivity contribution is 7.14. The van der Waals surface area contributed by atoms with Gasteiger partial charge in [-0.1, -0.05) is 0 Å². The first kappa shape index (κ1) is 21.1. The summed E-state index contributed by atoms with van der Waals surface area (Å²) in [5.74, 6) is 0.493. The van der Waals surface area contributed by atoms with Crippen LogP contribution >= 0.6 is 11.3 Å². The van der Waals surface area contributed by atoms with E-state index in [2.05, 4.69) is 20.9 Å². The number of nitrogens with zero attached hydrogens (tertiary/aromatic N) is 1. The standard InChI is InChI=1S/C22H18N4O5S/c1-13(27)23-11-16-8-9-18(31-16)17-12-32-22(25-17)26-20(28)14-4-6-15(7-5-14)24-21(29)19-3-2-10-30-19/h2-10,12H,11H2,1H3,(H,23,27)(H,24,29)(H,25,26,28). The lowest BCUT2D eigenvalue weighted by molar-refractivity contribution is -0.119. The zero-order chi connectivity index (χ0) is 22.5. The lowest BCUT2D eigenvalue weighted by Gasteiger charge is -2.05. The van der Waals surface area contributed by atoms with Crippen LogP contribution in [0.4, 0.5) is 10.8 Å². The van der Waals surface area contributed by atoms with E-state index in [1.54, 1.807) is 53.9 Å². The van der Waals surface area contributed by atoms with E-state index in [0.29, 0.717) is 40.1 Å². The van der Waals surface area contributed by atoms with Gasteiger partial charge in [-0.05, 0) is 48.5 Å². The van der Waals surface area contributed by atoms with Gasteiger partial charge in [0.25, 0.3) is 11.8 Å². The van der Waals surface area contributed by atoms with Gasteiger partial charge in [0.2, 0.25) is 5.91 Å². The Labute approximate surface area is 186 Å². The summed E-state index contributed by atoms with van der Waals surface area (Å²) >= 11 is 1.26. The molecule has 3 N–H and O–H groups in total. The molecule has 4 aromatic rings. The molecule has 4 rings (SSSR count). The number of carbonyl (C=O) groups excluding carboxylic acids is 3. The van der Waals surface area contributed by atoms with E-state index >= 15 is 0 Å². The van der Waals surface area contributed by atoms with E-state index in [1.807, 2.05) is 0 Å². The summed E-state index contributed by atoms with van der Waals surface area (Å²) in [4.78, 5) is 39.9. The number of furan rings is 2. The SMILES string of the molecule is CC(=O)NCc1ccc(-c2csc(NC(=O)c3ccc(NC(=O)c4ccco4)cc3)n2)o1. The number of hydrogen-bond acceptors (Lipinski definition) is 7. The quantitative estimate of drug-likeness (QED) is 0.388. The van der Waals surface area contributed by atoms with Crippen molar-refractivity contribution in [3.63, 3.8) is 0 Å². The maximum Gasteiger partial charge on any atom is 0.291 e. The number of nitrogens with one attached hydrogen (secondary N) is 3. The van der Waals surface area contributed by atoms with Gasteiger partial charge in [0, 0.05) is 23.6 Å². The Morgan fingerprint density at radius 2 is 1.81 bits per heavy atom. The van der Waals surface area contributed by atoms with Crippen LogP contribution < -0.4 is 16.0 Å². The van der Waals surface area contributed by atoms with Crippen LogP contribution in [0.3, 0.4) is 0 Å². The van der Waals surface area contributed by atoms with Crippen LogP contribution in [0.15, 0.2) is 69.0 Å². The predicted octanol–water partition coefficient (Wildman–Crippen LogP) is 4.14. The molecule has 0 saturated carbocycles. The Balaban J connectivity index is 1.36. The van der Waals surface area contributed by atoms with Crippen molar-refractivity contribution in [1.82, 2.24) is 10.3 Å². The Bertz CT molecular complexity index is 1240. The molecule has 0 unspecified atom stereocenters. The van der Waals surface area contributed by atoms with Crippen molar-refractivity contribution in [2.45, 2.75) is 13.5 Å². The fourth-order valence-electron chi connectivity index (χ4n) is 2.74. The van der Waals surface area contributed by atoms with Crippen molar-refractivity contribution in [3.05, 3.63) is 77.3 Å². The highest BCUT2D eigenvalue weighted by Gasteiger charge is 2.13. The molecule has 0 fully saturated rings. The smallest absolute Gasteiger partial charge is 0.291 e. The van der Waals surface area contributed by atoms with Gasteiger partial charge in [0.15, 0.2) is 16.7 Å². The van der Waals surface area contributed by atoms with Gasteiger partial charge in [-0.3, -0.25) is 19.7 Å². The van der Waals surface area contributed by atoms with Gasteiger partial charge < -0.3 is 19.5 Å². The minimum absolute atomic E-state index is 0.144. The molecule has 1 aromatic carbocycles. The molecule has 0 bridgehead atoms. The number of amides is 3. The van der Waals surface area contributed by atoms with Gasteiger partial charge in [-0.15, -0.1) is 11.3 Å². The van der Waals surface area contributed by atoms with Gasteiger partial charge in [-0.25, -0.2) is 4.98 Å². The third-order valence-corrected chi connectivity index (χ3v) is 5.06. The molecule has 0 aliphatic rings. The van der Waals surface area contributed by atoms with E-state index < -0.39 is 0 Å². The van der Waals surface area contributed by atoms with Crippen molar-refractivity contribution < 1.29 is 23.2 Å². The van der Waals surface area contributed by atoms with Crippen LogP contribution in [-0.2, 0) is 11.3 Å². The molecule has 0 aliphatic carbocycles. The number of benzene rings is 1. The van der Waals surface area contributed by atoms with Crippen LogP contribution in [0.25, 0.3) is 11.5 Å². The predicted molar refractivity (Wildman–Crippen MR) is 118 cm³/mol. The van der Waals surface area contributed by atoms with Gasteiger partial charge in [0.05, 0.1) is 12.8 Å². The van der Waals surface area contributed by atoms with E-state index in [9.17, 15) is 14.4 Å². The zero-order valence-corrected chi connectivity index (χ0v) is 17.7. The number of carbonyl (C=O) groups is 3. The monoisotopic (exact) mass is 450 g/mol. The average Bonchev–Trinajstić information content (AvgIpc) is 3.54. The molecule has 0 aliphatic heterocycles. The Kier molecular flexibility index (Phi) is 6.13. The number of anilines is 2. The fourth-order valence-corrected chi connectivity index (χ4v) is 3.44. The maximum absolute atomic E-state index is 12.5. The van der Waals surface area contributed by atoms with Crippen molar-refractivity contribution in [3.8, 4) is 11.5 Å². The van der Waals surface area contributed by atoms with Crippen LogP contribution in [0.2, 0.25) is 0 Å². The topological polar surface area (TPSA) is 126 Å². The summed E-state index contributed by atoms with van der Waals surface area (Å²) in [6.45, 7) is 1.73. The average molecular weight is 450 g/mol. The Morgan fingerprint density at radius 3 is 2.53 bits per heavy atom. The second kappa shape index (κ2) is 9.31. The minimum atomic E-state index is -0.374. The molecule has 162 valence electrons. The lowest BCUT2D eigenvalue weighted by atomic mass is 10.2. The summed E-state index contributed by atoms with van der Waals surface area (Å²) in [7, 11) is 0. The van der Waals surface area contributed by atoms with E-state index in [-0.39, 0.29) is 23.5 Å². The first-order valence-corrected chi connectivity index (χ1v) is 10.4. The Hall–Kier alpha value is -4.18. The second-order valence-corrected chi connectivity index (χ2v) is 7.53. The lowest BCUT2D eigenvalue weighted by Crippen LogP contribution is -2.18. The number of rotatable bonds is 7. The number of thiazole rings is 1. The van der Waals surface area contributed by atoms with Crippen LogP contribution in [-0.4, -0.2) is 22.7 Å². The third kappa shape index (κ3) is 5.10. The zero-order valence-electron chi connectivity index (χ0n) is 16.9. The summed E-state index contributed by atoms with van der Waals surface area (Å²) in [6.07, 6.45) is 1.42. The largest absolute Gasteiger partial charge is 0.459 e. The maximum atomic E-state index is 12.5. The van der Waals surface area contributed by atoms with Crippen molar-refractivity contribution in [2.24, 2.45) is 0 Å². The molecule has 32 heavy (non-hydrogen) atoms. The molecular formula is C22H18N4O5S. The van der Waals surface area contributed by atoms with Crippen LogP contribution in [0, 0.1) is 0 Å². The van der Waals surface area contributed by atoms with Crippen molar-refractivity contribution in [2.75, 3.05) is 10.6 Å². The molecule has 0 atom stereocenters. The van der Waals surface area contributed by atoms with Crippen molar-refractivity contribution in [1.29, 1.82) is 0 Å². The second-order valence-electron chi connectivity index (χ2n) is 6.68. The number of hydrogen-bond donors (Lipinski definition) is 3. The van der Waals surface area contributed by atoms with Gasteiger partial charge in [0.1, 0.15) is 11.5 Å². The molecular weight excluding hydrogens is 432 g/mol. The summed E-state index contributed by atoms with van der Waals surface area (Å²) in [5.41, 5.74) is 1.52. The molecule has 3 aromatic heterocycles. The van der Waals surface area contributed by atoms with E-state index in [4.69, 9.17) is 8.83 Å². The van der Waals surface area contributed by atoms with Crippen LogP contribution in [0.5, 0.6) is 0 Å². The Morgan fingerprint density at radius 1 is 1.00 bits per heavy atom. The molecule has 0 radical (unpaired) electrons. The molecule has 0 spiro atoms. The third-order valence-electron chi connectivity index (χ3n) is 4.30. The minimum Gasteiger partial charge on any atom is -0.459 e. The molecule has 9 nitrogen and oxygen atoms in total. The molecule has 3 amide bonds. The highest BCUT2D eigenvalue weighted by Crippen LogP contribution is 2.27. The molecule has 0 saturated heterocycles. The van der Waals surface area contributed by atoms with Crippen LogP contribution in [0.1, 0.15) is 33.6 Å². The van der Waals surface area contributed by atoms with Gasteiger partial charge >= 0.3 is 0 Å². The van der Waals surface area contributed by atoms with E-state index in [0.717, 1.165) is 0 Å². The summed E-state index contributed by atoms with van der Waals surface area (Å²) in [6, 6.07) is 13.2. The van der Waals surface area contributed by atoms with Gasteiger partial charge in [-0.2, -0.15) is 0 Å². The van der Waals surface area contributed by atoms with E-state index in [1.165, 1.54) is 24.5 Å².